The van der Waals surface area contributed by atoms with Crippen molar-refractivity contribution in [3.05, 3.63) is 35.0 Å². The molecule has 133 valence electrons. The second kappa shape index (κ2) is 6.30. The summed E-state index contributed by atoms with van der Waals surface area (Å²) in [5, 5.41) is 14.7. The standard InChI is InChI=1S/C14H15BF3N4O3/c16-14(17,18)12(24)15-21-6-3-13(25,4-7-21)8-20-9-19-22-5-1-2-10(22)11(20)23/h1-2,5,9,25H,3-4,6-8H2. The normalized spacial score (nSPS) is 18.4. The number of carbonyl (C=O) groups excluding carboxylic acids is 1. The molecule has 1 radical (unpaired) electrons. The van der Waals surface area contributed by atoms with E-state index in [4.69, 9.17) is 0 Å². The SMILES string of the molecule is O=C([B]N1CCC(O)(Cn2cnn3cccc3c2=O)CC1)C(F)(F)F. The number of aromatic nitrogens is 3. The van der Waals surface area contributed by atoms with Crippen LogP contribution in [0.1, 0.15) is 12.8 Å². The number of fused-ring (bicyclic) bond motifs is 1. The molecule has 0 atom stereocenters. The van der Waals surface area contributed by atoms with E-state index in [0.29, 0.717) is 12.9 Å². The molecule has 0 aromatic carbocycles. The van der Waals surface area contributed by atoms with E-state index in [2.05, 4.69) is 5.10 Å². The first-order chi connectivity index (χ1) is 11.7. The highest BCUT2D eigenvalue weighted by molar-refractivity contribution is 6.72. The molecule has 1 N–H and O–H groups in total. The summed E-state index contributed by atoms with van der Waals surface area (Å²) in [6.07, 6.45) is -1.69. The molecule has 11 heteroatoms. The van der Waals surface area contributed by atoms with Gasteiger partial charge < -0.3 is 14.7 Å². The van der Waals surface area contributed by atoms with Gasteiger partial charge in [0.2, 0.25) is 5.68 Å². The molecule has 25 heavy (non-hydrogen) atoms. The Morgan fingerprint density at radius 1 is 1.36 bits per heavy atom. The topological polar surface area (TPSA) is 79.8 Å². The van der Waals surface area contributed by atoms with Crippen molar-refractivity contribution in [3.8, 4) is 0 Å². The van der Waals surface area contributed by atoms with Gasteiger partial charge in [0.15, 0.2) is 0 Å². The molecule has 2 aromatic rings. The lowest BCUT2D eigenvalue weighted by molar-refractivity contribution is -0.162. The summed E-state index contributed by atoms with van der Waals surface area (Å²) < 4.78 is 39.6. The summed E-state index contributed by atoms with van der Waals surface area (Å²) in [6.45, 7) is 0.170. The molecule has 0 saturated carbocycles. The van der Waals surface area contributed by atoms with Crippen LogP contribution < -0.4 is 5.56 Å². The predicted octanol–water partition coefficient (Wildman–Crippen LogP) is 0.0310. The molecule has 0 bridgehead atoms. The van der Waals surface area contributed by atoms with Crippen molar-refractivity contribution in [2.45, 2.75) is 31.2 Å². The van der Waals surface area contributed by atoms with Gasteiger partial charge in [-0.05, 0) is 38.1 Å². The molecule has 1 saturated heterocycles. The van der Waals surface area contributed by atoms with Crippen LogP contribution in [-0.2, 0) is 11.3 Å². The number of hydrogen-bond donors (Lipinski definition) is 1. The van der Waals surface area contributed by atoms with E-state index in [-0.39, 0.29) is 38.0 Å². The summed E-state index contributed by atoms with van der Waals surface area (Å²) >= 11 is 0. The molecule has 3 rings (SSSR count). The molecular formula is C14H15BF3N4O3. The summed E-state index contributed by atoms with van der Waals surface area (Å²) in [5.74, 6) is 0. The third-order valence-corrected chi connectivity index (χ3v) is 4.30. The number of alkyl halides is 3. The van der Waals surface area contributed by atoms with Crippen molar-refractivity contribution in [2.75, 3.05) is 13.1 Å². The number of nitrogens with zero attached hydrogens (tertiary/aromatic N) is 4. The third-order valence-electron chi connectivity index (χ3n) is 4.30. The third kappa shape index (κ3) is 3.77. The lowest BCUT2D eigenvalue weighted by Crippen LogP contribution is -2.51. The van der Waals surface area contributed by atoms with E-state index in [1.165, 1.54) is 20.2 Å². The average Bonchev–Trinajstić information content (AvgIpc) is 3.01. The van der Waals surface area contributed by atoms with Crippen molar-refractivity contribution in [1.82, 2.24) is 19.0 Å². The van der Waals surface area contributed by atoms with E-state index in [9.17, 15) is 27.9 Å². The highest BCUT2D eigenvalue weighted by Gasteiger charge is 2.41. The molecule has 3 heterocycles. The molecule has 0 aliphatic carbocycles. The summed E-state index contributed by atoms with van der Waals surface area (Å²) in [5.41, 5.74) is -3.11. The first-order valence-electron chi connectivity index (χ1n) is 7.63. The van der Waals surface area contributed by atoms with Gasteiger partial charge in [-0.2, -0.15) is 18.3 Å². The van der Waals surface area contributed by atoms with Crippen molar-refractivity contribution in [3.63, 3.8) is 0 Å². The summed E-state index contributed by atoms with van der Waals surface area (Å²) in [7, 11) is 0.528. The molecule has 1 aliphatic heterocycles. The van der Waals surface area contributed by atoms with E-state index >= 15 is 0 Å². The fourth-order valence-corrected chi connectivity index (χ4v) is 2.86. The van der Waals surface area contributed by atoms with Crippen LogP contribution in [0.15, 0.2) is 29.5 Å². The molecular weight excluding hydrogens is 340 g/mol. The Balaban J connectivity index is 1.65. The number of aliphatic hydroxyl groups is 1. The van der Waals surface area contributed by atoms with Crippen LogP contribution in [0.4, 0.5) is 13.2 Å². The minimum Gasteiger partial charge on any atom is -0.388 e. The van der Waals surface area contributed by atoms with Gasteiger partial charge in [-0.3, -0.25) is 9.36 Å². The van der Waals surface area contributed by atoms with Gasteiger partial charge in [-0.1, -0.05) is 0 Å². The van der Waals surface area contributed by atoms with Crippen LogP contribution in [0, 0.1) is 0 Å². The van der Waals surface area contributed by atoms with Crippen LogP contribution in [0.3, 0.4) is 0 Å². The maximum Gasteiger partial charge on any atom is 0.441 e. The van der Waals surface area contributed by atoms with Gasteiger partial charge in [-0.15, -0.1) is 0 Å². The van der Waals surface area contributed by atoms with Crippen LogP contribution in [-0.4, -0.2) is 62.1 Å². The Bertz CT molecular complexity index is 840. The van der Waals surface area contributed by atoms with Gasteiger partial charge in [-0.25, -0.2) is 4.52 Å². The predicted molar refractivity (Wildman–Crippen MR) is 82.0 cm³/mol. The maximum atomic E-state index is 12.3. The van der Waals surface area contributed by atoms with Crippen LogP contribution >= 0.6 is 0 Å². The molecule has 7 nitrogen and oxygen atoms in total. The minimum absolute atomic E-state index is 0.0123. The van der Waals surface area contributed by atoms with Crippen LogP contribution in [0.5, 0.6) is 0 Å². The molecule has 2 aromatic heterocycles. The van der Waals surface area contributed by atoms with Crippen molar-refractivity contribution < 1.29 is 23.1 Å². The Labute approximate surface area is 140 Å². The smallest absolute Gasteiger partial charge is 0.388 e. The maximum absolute atomic E-state index is 12.3. The lowest BCUT2D eigenvalue weighted by atomic mass is 9.79. The first kappa shape index (κ1) is 17.7. The zero-order valence-electron chi connectivity index (χ0n) is 13.1. The van der Waals surface area contributed by atoms with E-state index in [1.807, 2.05) is 0 Å². The molecule has 0 unspecified atom stereocenters. The Hall–Kier alpha value is -2.14. The number of halogens is 3. The first-order valence-corrected chi connectivity index (χ1v) is 7.63. The van der Waals surface area contributed by atoms with E-state index < -0.39 is 17.5 Å². The monoisotopic (exact) mass is 355 g/mol. The molecule has 1 aliphatic rings. The highest BCUT2D eigenvalue weighted by atomic mass is 19.4. The highest BCUT2D eigenvalue weighted by Crippen LogP contribution is 2.24. The fraction of sp³-hybridized carbons (Fsp3) is 0.500. The van der Waals surface area contributed by atoms with E-state index in [0.717, 1.165) is 0 Å². The van der Waals surface area contributed by atoms with Gasteiger partial charge in [0.25, 0.3) is 5.56 Å². The Morgan fingerprint density at radius 2 is 2.04 bits per heavy atom. The molecule has 0 spiro atoms. The Kier molecular flexibility index (Phi) is 4.46. The number of piperidine rings is 1. The largest absolute Gasteiger partial charge is 0.441 e. The van der Waals surface area contributed by atoms with Crippen molar-refractivity contribution in [1.29, 1.82) is 0 Å². The number of rotatable bonds is 4. The fourth-order valence-electron chi connectivity index (χ4n) is 2.86. The molecule has 0 amide bonds. The summed E-state index contributed by atoms with van der Waals surface area (Å²) in [4.78, 5) is 24.6. The van der Waals surface area contributed by atoms with Crippen LogP contribution in [0.2, 0.25) is 0 Å². The number of hydrogen-bond acceptors (Lipinski definition) is 5. The zero-order chi connectivity index (χ0) is 18.2. The van der Waals surface area contributed by atoms with Gasteiger partial charge in [0.05, 0.1) is 12.1 Å². The van der Waals surface area contributed by atoms with Gasteiger partial charge in [0, 0.05) is 6.20 Å². The zero-order valence-corrected chi connectivity index (χ0v) is 13.1. The molecule has 1 fully saturated rings. The van der Waals surface area contributed by atoms with Crippen molar-refractivity contribution in [2.24, 2.45) is 0 Å². The Morgan fingerprint density at radius 3 is 2.68 bits per heavy atom. The van der Waals surface area contributed by atoms with Crippen LogP contribution in [0.25, 0.3) is 5.52 Å². The van der Waals surface area contributed by atoms with E-state index in [1.54, 1.807) is 18.3 Å². The average molecular weight is 355 g/mol. The number of carbonyl (C=O) groups is 1. The van der Waals surface area contributed by atoms with Crippen molar-refractivity contribution >= 4 is 18.6 Å². The summed E-state index contributed by atoms with van der Waals surface area (Å²) in [6, 6.07) is 3.28. The second-order valence-electron chi connectivity index (χ2n) is 6.15. The lowest BCUT2D eigenvalue weighted by Gasteiger charge is -2.38. The van der Waals surface area contributed by atoms with Gasteiger partial charge >= 0.3 is 13.6 Å². The quantitative estimate of drug-likeness (QED) is 0.783. The minimum atomic E-state index is -4.90. The second-order valence-corrected chi connectivity index (χ2v) is 6.15. The van der Waals surface area contributed by atoms with Gasteiger partial charge in [0.1, 0.15) is 11.8 Å².